The van der Waals surface area contributed by atoms with Crippen molar-refractivity contribution in [2.24, 2.45) is 11.3 Å². The summed E-state index contributed by atoms with van der Waals surface area (Å²) in [7, 11) is 1.86. The van der Waals surface area contributed by atoms with E-state index < -0.39 is 35.4 Å². The van der Waals surface area contributed by atoms with Crippen molar-refractivity contribution in [3.05, 3.63) is 76.5 Å². The Kier molecular flexibility index (Phi) is 22.5. The summed E-state index contributed by atoms with van der Waals surface area (Å²) in [6.07, 6.45) is 7.78. The van der Waals surface area contributed by atoms with E-state index in [2.05, 4.69) is 36.2 Å². The molecule has 1 saturated heterocycles. The van der Waals surface area contributed by atoms with E-state index >= 15 is 0 Å². The summed E-state index contributed by atoms with van der Waals surface area (Å²) in [5.41, 5.74) is 4.85. The summed E-state index contributed by atoms with van der Waals surface area (Å²) in [6, 6.07) is 13.6. The molecule has 2 aromatic carbocycles. The van der Waals surface area contributed by atoms with Crippen LogP contribution in [0.1, 0.15) is 89.8 Å². The van der Waals surface area contributed by atoms with Crippen molar-refractivity contribution < 1.29 is 43.2 Å². The molecule has 1 saturated carbocycles. The molecular weight excluding hydrogens is 974 g/mol. The predicted octanol–water partition coefficient (Wildman–Crippen LogP) is 7.16. The summed E-state index contributed by atoms with van der Waals surface area (Å²) in [4.78, 5) is 70.2. The van der Waals surface area contributed by atoms with E-state index in [9.17, 15) is 24.3 Å². The molecule has 20 heteroatoms. The third kappa shape index (κ3) is 18.2. The highest BCUT2D eigenvalue weighted by Gasteiger charge is 2.44. The Morgan fingerprint density at radius 1 is 0.904 bits per heavy atom. The van der Waals surface area contributed by atoms with Crippen LogP contribution in [0, 0.1) is 18.3 Å². The zero-order valence-corrected chi connectivity index (χ0v) is 44.5. The van der Waals surface area contributed by atoms with Gasteiger partial charge in [-0.1, -0.05) is 63.1 Å². The molecule has 4 aromatic rings. The van der Waals surface area contributed by atoms with Gasteiger partial charge in [-0.15, -0.1) is 11.3 Å². The van der Waals surface area contributed by atoms with Crippen LogP contribution >= 0.6 is 22.9 Å². The van der Waals surface area contributed by atoms with Crippen LogP contribution in [0.4, 0.5) is 17.5 Å². The lowest BCUT2D eigenvalue weighted by Crippen LogP contribution is -2.58. The number of thiazole rings is 1. The number of likely N-dealkylation sites (tertiary alicyclic amines) is 1. The first kappa shape index (κ1) is 56.8. The summed E-state index contributed by atoms with van der Waals surface area (Å²) in [5, 5.41) is 23.2. The Morgan fingerprint density at radius 3 is 2.25 bits per heavy atom. The first-order valence-corrected chi connectivity index (χ1v) is 26.7. The van der Waals surface area contributed by atoms with Crippen LogP contribution in [0.25, 0.3) is 10.4 Å². The maximum atomic E-state index is 13.9. The molecule has 5 N–H and O–H groups in total. The number of benzene rings is 2. The van der Waals surface area contributed by atoms with E-state index in [0.29, 0.717) is 75.9 Å². The molecule has 0 radical (unpaired) electrons. The first-order chi connectivity index (χ1) is 35.2. The monoisotopic (exact) mass is 1050 g/mol. The molecule has 0 unspecified atom stereocenters. The number of β-amino-alcohol motifs (C(OH)–C–C–N with tert-alkyl or cyclic N) is 1. The molecule has 2 aliphatic rings. The van der Waals surface area contributed by atoms with E-state index in [4.69, 9.17) is 30.5 Å². The number of rotatable bonds is 30. The Labute approximate surface area is 438 Å². The standard InChI is InChI=1S/C53H74ClN9O9S/c1-36-46(73-35-58-36)38-16-14-37(15-17-38)31-56-49(66)44-30-41(64)33-63(44)51(68)47(53(2,3)4)60-45(65)34-71-28-10-26-69-24-6-7-25-70-27-11-29-72-42-20-18-40(19-21-42)59-52-57-32-43(54)48(61-52)55-22-9-23-62(5)50(67)39-12-8-13-39/h14-21,32,35,39,41,44,47,64H,6-13,22-31,33-34H2,1-5H3,(H,56,66)(H,60,65)(H2,55,57,59,61)/t41-,44+,47-/m1/s1. The number of nitrogens with zero attached hydrogens (tertiary/aromatic N) is 5. The average Bonchev–Trinajstić information content (AvgIpc) is 3.97. The highest BCUT2D eigenvalue weighted by Crippen LogP contribution is 2.30. The second-order valence-corrected chi connectivity index (χ2v) is 21.0. The van der Waals surface area contributed by atoms with Crippen molar-refractivity contribution in [3.8, 4) is 16.2 Å². The van der Waals surface area contributed by atoms with Crippen LogP contribution in [0.5, 0.6) is 5.75 Å². The number of unbranched alkanes of at least 4 members (excludes halogenated alkanes) is 1. The average molecular weight is 1050 g/mol. The summed E-state index contributed by atoms with van der Waals surface area (Å²) in [5.74, 6) is 0.885. The van der Waals surface area contributed by atoms with Crippen molar-refractivity contribution in [1.29, 1.82) is 0 Å². The Bertz CT molecular complexity index is 2370. The molecule has 2 fully saturated rings. The number of anilines is 3. The van der Waals surface area contributed by atoms with Gasteiger partial charge in [0.1, 0.15) is 35.3 Å². The van der Waals surface area contributed by atoms with Crippen molar-refractivity contribution in [2.75, 3.05) is 83.6 Å². The fourth-order valence-electron chi connectivity index (χ4n) is 8.29. The van der Waals surface area contributed by atoms with Crippen LogP contribution in [-0.4, -0.2) is 145 Å². The van der Waals surface area contributed by atoms with Gasteiger partial charge in [-0.25, -0.2) is 9.97 Å². The van der Waals surface area contributed by atoms with E-state index in [0.717, 1.165) is 78.1 Å². The molecule has 1 aliphatic heterocycles. The van der Waals surface area contributed by atoms with Crippen LogP contribution < -0.4 is 26.0 Å². The van der Waals surface area contributed by atoms with Gasteiger partial charge in [0, 0.05) is 90.7 Å². The van der Waals surface area contributed by atoms with Crippen molar-refractivity contribution in [1.82, 2.24) is 35.4 Å². The maximum Gasteiger partial charge on any atom is 0.246 e. The number of carbonyl (C=O) groups is 4. The molecule has 1 aliphatic carbocycles. The third-order valence-electron chi connectivity index (χ3n) is 12.7. The van der Waals surface area contributed by atoms with Gasteiger partial charge < -0.3 is 55.1 Å². The zero-order valence-electron chi connectivity index (χ0n) is 43.0. The van der Waals surface area contributed by atoms with Crippen LogP contribution in [0.3, 0.4) is 0 Å². The second kappa shape index (κ2) is 28.9. The lowest BCUT2D eigenvalue weighted by molar-refractivity contribution is -0.144. The van der Waals surface area contributed by atoms with Crippen LogP contribution in [0.15, 0.2) is 60.2 Å². The van der Waals surface area contributed by atoms with E-state index in [1.807, 2.05) is 93.7 Å². The number of hydrogen-bond acceptors (Lipinski definition) is 15. The highest BCUT2D eigenvalue weighted by atomic mass is 35.5. The molecule has 18 nitrogen and oxygen atoms in total. The number of aliphatic hydroxyl groups excluding tert-OH is 1. The molecule has 73 heavy (non-hydrogen) atoms. The number of nitrogens with one attached hydrogen (secondary N) is 4. The third-order valence-corrected chi connectivity index (χ3v) is 14.0. The largest absolute Gasteiger partial charge is 0.494 e. The summed E-state index contributed by atoms with van der Waals surface area (Å²) < 4.78 is 23.0. The Hall–Kier alpha value is -5.44. The van der Waals surface area contributed by atoms with Gasteiger partial charge in [-0.2, -0.15) is 4.98 Å². The van der Waals surface area contributed by atoms with Gasteiger partial charge in [-0.3, -0.25) is 19.2 Å². The van der Waals surface area contributed by atoms with Crippen molar-refractivity contribution in [3.63, 3.8) is 0 Å². The fourth-order valence-corrected chi connectivity index (χ4v) is 9.26. The number of halogens is 1. The fraction of sp³-hybridized carbons (Fsp3) is 0.566. The van der Waals surface area contributed by atoms with Gasteiger partial charge in [0.05, 0.1) is 35.0 Å². The van der Waals surface area contributed by atoms with Gasteiger partial charge in [-0.05, 0) is 86.3 Å². The minimum Gasteiger partial charge on any atom is -0.494 e. The topological polar surface area (TPSA) is 219 Å². The lowest BCUT2D eigenvalue weighted by Gasteiger charge is -2.35. The van der Waals surface area contributed by atoms with E-state index in [1.165, 1.54) is 4.90 Å². The molecule has 398 valence electrons. The molecule has 2 aromatic heterocycles. The van der Waals surface area contributed by atoms with Gasteiger partial charge in [0.15, 0.2) is 0 Å². The SMILES string of the molecule is Cc1ncsc1-c1ccc(CNC(=O)[C@@H]2C[C@@H](O)CN2C(=O)[C@@H](NC(=O)COCCCOCCCCOCCCOc2ccc(Nc3ncc(Cl)c(NCCCN(C)C(=O)C4CCC4)n3)cc2)C(C)(C)C)cc1. The highest BCUT2D eigenvalue weighted by molar-refractivity contribution is 7.13. The van der Waals surface area contributed by atoms with Crippen LogP contribution in [0.2, 0.25) is 5.02 Å². The molecule has 3 atom stereocenters. The van der Waals surface area contributed by atoms with Gasteiger partial charge in [0.2, 0.25) is 29.6 Å². The lowest BCUT2D eigenvalue weighted by atomic mass is 9.84. The van der Waals surface area contributed by atoms with E-state index in [-0.39, 0.29) is 43.8 Å². The van der Waals surface area contributed by atoms with Crippen molar-refractivity contribution >= 4 is 64.0 Å². The number of aryl methyl sites for hydroxylation is 1. The number of hydrogen-bond donors (Lipinski definition) is 5. The number of amides is 4. The normalized spacial score (nSPS) is 16.1. The number of aliphatic hydroxyl groups is 1. The second-order valence-electron chi connectivity index (χ2n) is 19.7. The quantitative estimate of drug-likeness (QED) is 0.0328. The number of carbonyl (C=O) groups excluding carboxylic acids is 4. The first-order valence-electron chi connectivity index (χ1n) is 25.5. The zero-order chi connectivity index (χ0) is 52.2. The van der Waals surface area contributed by atoms with Crippen molar-refractivity contribution in [2.45, 2.75) is 110 Å². The van der Waals surface area contributed by atoms with E-state index in [1.54, 1.807) is 17.5 Å². The molecule has 0 spiro atoms. The molecule has 3 heterocycles. The minimum atomic E-state index is -0.942. The van der Waals surface area contributed by atoms with Gasteiger partial charge >= 0.3 is 0 Å². The molecule has 6 rings (SSSR count). The Balaban J connectivity index is 0.763. The van der Waals surface area contributed by atoms with Crippen LogP contribution in [-0.2, 0) is 39.9 Å². The van der Waals surface area contributed by atoms with Gasteiger partial charge in [0.25, 0.3) is 0 Å². The minimum absolute atomic E-state index is 0.00457. The maximum absolute atomic E-state index is 13.9. The summed E-state index contributed by atoms with van der Waals surface area (Å²) >= 11 is 7.92. The molecular formula is C53H74ClN9O9S. The molecule has 0 bridgehead atoms. The number of ether oxygens (including phenoxy) is 4. The predicted molar refractivity (Wildman–Crippen MR) is 283 cm³/mol. The smallest absolute Gasteiger partial charge is 0.246 e. The molecule has 4 amide bonds. The Morgan fingerprint density at radius 2 is 1.59 bits per heavy atom. The number of aromatic nitrogens is 3. The summed E-state index contributed by atoms with van der Waals surface area (Å²) in [6.45, 7) is 11.9.